The molecule has 0 aliphatic carbocycles. The van der Waals surface area contributed by atoms with E-state index >= 15 is 0 Å². The second-order valence-electron chi connectivity index (χ2n) is 3.72. The summed E-state index contributed by atoms with van der Waals surface area (Å²) in [5, 5.41) is 4.49. The third kappa shape index (κ3) is 2.14. The molecule has 0 atom stereocenters. The fourth-order valence-electron chi connectivity index (χ4n) is 1.64. The van der Waals surface area contributed by atoms with E-state index in [9.17, 15) is 4.79 Å². The van der Waals surface area contributed by atoms with Gasteiger partial charge in [-0.05, 0) is 31.5 Å². The molecule has 0 aliphatic rings. The molecule has 0 spiro atoms. The zero-order valence-corrected chi connectivity index (χ0v) is 10.2. The Balaban J connectivity index is 2.56. The standard InChI is InChI=1S/C11H11ClN4O/c1-6-3-8(16-5-14-7(2)15-16)4-9(12)10(6)11(13)17/h3-5H,1-2H3,(H2,13,17). The van der Waals surface area contributed by atoms with Crippen molar-refractivity contribution in [1.82, 2.24) is 14.8 Å². The second-order valence-corrected chi connectivity index (χ2v) is 4.13. The highest BCUT2D eigenvalue weighted by Crippen LogP contribution is 2.23. The number of carbonyl (C=O) groups is 1. The monoisotopic (exact) mass is 250 g/mol. The van der Waals surface area contributed by atoms with Crippen LogP contribution in [0.25, 0.3) is 5.69 Å². The molecule has 0 radical (unpaired) electrons. The molecule has 1 aromatic heterocycles. The van der Waals surface area contributed by atoms with Crippen molar-refractivity contribution in [1.29, 1.82) is 0 Å². The molecule has 0 saturated heterocycles. The number of nitrogens with two attached hydrogens (primary N) is 1. The van der Waals surface area contributed by atoms with Gasteiger partial charge in [-0.15, -0.1) is 0 Å². The first-order chi connectivity index (χ1) is 7.99. The Labute approximate surface area is 103 Å². The molecule has 88 valence electrons. The van der Waals surface area contributed by atoms with Crippen molar-refractivity contribution >= 4 is 17.5 Å². The molecular formula is C11H11ClN4O. The summed E-state index contributed by atoms with van der Waals surface area (Å²) in [4.78, 5) is 15.2. The maximum atomic E-state index is 11.2. The first-order valence-electron chi connectivity index (χ1n) is 4.97. The number of hydrogen-bond acceptors (Lipinski definition) is 3. The van der Waals surface area contributed by atoms with Crippen molar-refractivity contribution in [3.63, 3.8) is 0 Å². The molecule has 5 nitrogen and oxygen atoms in total. The summed E-state index contributed by atoms with van der Waals surface area (Å²) in [7, 11) is 0. The fourth-order valence-corrected chi connectivity index (χ4v) is 1.99. The number of benzene rings is 1. The number of nitrogens with zero attached hydrogens (tertiary/aromatic N) is 3. The Morgan fingerprint density at radius 3 is 2.59 bits per heavy atom. The van der Waals surface area contributed by atoms with Gasteiger partial charge < -0.3 is 5.73 Å². The lowest BCUT2D eigenvalue weighted by Crippen LogP contribution is -2.14. The number of halogens is 1. The second kappa shape index (κ2) is 4.18. The normalized spacial score (nSPS) is 10.5. The summed E-state index contributed by atoms with van der Waals surface area (Å²) in [5.74, 6) is 0.131. The first kappa shape index (κ1) is 11.6. The van der Waals surface area contributed by atoms with Gasteiger partial charge in [0, 0.05) is 0 Å². The van der Waals surface area contributed by atoms with Gasteiger partial charge in [-0.2, -0.15) is 5.10 Å². The van der Waals surface area contributed by atoms with Crippen LogP contribution in [0.5, 0.6) is 0 Å². The van der Waals surface area contributed by atoms with Crippen LogP contribution in [-0.4, -0.2) is 20.7 Å². The van der Waals surface area contributed by atoms with Crippen LogP contribution in [0.15, 0.2) is 18.5 Å². The molecule has 0 unspecified atom stereocenters. The number of amides is 1. The molecule has 0 saturated carbocycles. The summed E-state index contributed by atoms with van der Waals surface area (Å²) >= 11 is 6.02. The summed E-state index contributed by atoms with van der Waals surface area (Å²) in [6, 6.07) is 3.43. The van der Waals surface area contributed by atoms with Crippen molar-refractivity contribution in [2.75, 3.05) is 0 Å². The molecule has 2 rings (SSSR count). The van der Waals surface area contributed by atoms with E-state index in [1.54, 1.807) is 37.0 Å². The predicted octanol–water partition coefficient (Wildman–Crippen LogP) is 1.64. The van der Waals surface area contributed by atoms with Crippen LogP contribution in [0, 0.1) is 13.8 Å². The molecule has 0 fully saturated rings. The summed E-state index contributed by atoms with van der Waals surface area (Å²) in [5.41, 5.74) is 7.05. The van der Waals surface area contributed by atoms with Crippen molar-refractivity contribution in [3.8, 4) is 5.69 Å². The minimum atomic E-state index is -0.533. The number of aryl methyl sites for hydroxylation is 2. The quantitative estimate of drug-likeness (QED) is 0.880. The van der Waals surface area contributed by atoms with E-state index in [1.807, 2.05) is 0 Å². The first-order valence-corrected chi connectivity index (χ1v) is 5.35. The van der Waals surface area contributed by atoms with Crippen molar-refractivity contribution in [2.45, 2.75) is 13.8 Å². The Bertz CT molecular complexity index is 568. The van der Waals surface area contributed by atoms with E-state index in [-0.39, 0.29) is 0 Å². The SMILES string of the molecule is Cc1ncn(-c2cc(C)c(C(N)=O)c(Cl)c2)n1. The van der Waals surface area contributed by atoms with E-state index in [2.05, 4.69) is 10.1 Å². The molecule has 2 aromatic rings. The minimum Gasteiger partial charge on any atom is -0.366 e. The van der Waals surface area contributed by atoms with Crippen molar-refractivity contribution < 1.29 is 4.79 Å². The van der Waals surface area contributed by atoms with Crippen LogP contribution >= 0.6 is 11.6 Å². The number of hydrogen-bond donors (Lipinski definition) is 1. The molecule has 0 aliphatic heterocycles. The maximum absolute atomic E-state index is 11.2. The molecule has 1 amide bonds. The van der Waals surface area contributed by atoms with E-state index in [0.717, 1.165) is 5.69 Å². The van der Waals surface area contributed by atoms with Crippen LogP contribution in [0.1, 0.15) is 21.7 Å². The van der Waals surface area contributed by atoms with E-state index < -0.39 is 5.91 Å². The Morgan fingerprint density at radius 1 is 1.41 bits per heavy atom. The Morgan fingerprint density at radius 2 is 2.12 bits per heavy atom. The zero-order chi connectivity index (χ0) is 12.6. The number of carbonyl (C=O) groups excluding carboxylic acids is 1. The van der Waals surface area contributed by atoms with Gasteiger partial charge in [0.05, 0.1) is 16.3 Å². The predicted molar refractivity (Wildman–Crippen MR) is 64.4 cm³/mol. The number of primary amides is 1. The van der Waals surface area contributed by atoms with Crippen LogP contribution in [0.2, 0.25) is 5.02 Å². The van der Waals surface area contributed by atoms with Gasteiger partial charge in [0.15, 0.2) is 0 Å². The molecule has 6 heteroatoms. The van der Waals surface area contributed by atoms with Gasteiger partial charge in [-0.25, -0.2) is 9.67 Å². The van der Waals surface area contributed by atoms with Gasteiger partial charge in [0.1, 0.15) is 12.2 Å². The Kier molecular flexibility index (Phi) is 2.85. The molecule has 1 aromatic carbocycles. The van der Waals surface area contributed by atoms with Crippen LogP contribution < -0.4 is 5.73 Å². The van der Waals surface area contributed by atoms with Gasteiger partial charge in [-0.3, -0.25) is 4.79 Å². The van der Waals surface area contributed by atoms with Gasteiger partial charge >= 0.3 is 0 Å². The third-order valence-electron chi connectivity index (χ3n) is 2.39. The molecule has 0 bridgehead atoms. The summed E-state index contributed by atoms with van der Waals surface area (Å²) in [6.07, 6.45) is 1.59. The average Bonchev–Trinajstić information content (AvgIpc) is 2.63. The van der Waals surface area contributed by atoms with E-state index in [1.165, 1.54) is 0 Å². The molecular weight excluding hydrogens is 240 g/mol. The largest absolute Gasteiger partial charge is 0.366 e. The maximum Gasteiger partial charge on any atom is 0.250 e. The van der Waals surface area contributed by atoms with Gasteiger partial charge in [0.25, 0.3) is 0 Å². The third-order valence-corrected chi connectivity index (χ3v) is 2.69. The van der Waals surface area contributed by atoms with Gasteiger partial charge in [-0.1, -0.05) is 11.6 Å². The lowest BCUT2D eigenvalue weighted by molar-refractivity contribution is 0.1000. The topological polar surface area (TPSA) is 73.8 Å². The van der Waals surface area contributed by atoms with Gasteiger partial charge in [0.2, 0.25) is 5.91 Å². The van der Waals surface area contributed by atoms with Crippen LogP contribution in [-0.2, 0) is 0 Å². The van der Waals surface area contributed by atoms with Crippen LogP contribution in [0.3, 0.4) is 0 Å². The van der Waals surface area contributed by atoms with Crippen molar-refractivity contribution in [3.05, 3.63) is 40.4 Å². The van der Waals surface area contributed by atoms with Crippen LogP contribution in [0.4, 0.5) is 0 Å². The summed E-state index contributed by atoms with van der Waals surface area (Å²) < 4.78 is 1.60. The lowest BCUT2D eigenvalue weighted by atomic mass is 10.1. The Hall–Kier alpha value is -1.88. The average molecular weight is 251 g/mol. The highest BCUT2D eigenvalue weighted by atomic mass is 35.5. The van der Waals surface area contributed by atoms with E-state index in [4.69, 9.17) is 17.3 Å². The molecule has 2 N–H and O–H groups in total. The fraction of sp³-hybridized carbons (Fsp3) is 0.182. The minimum absolute atomic E-state index is 0.320. The highest BCUT2D eigenvalue weighted by Gasteiger charge is 2.12. The zero-order valence-electron chi connectivity index (χ0n) is 9.44. The number of rotatable bonds is 2. The van der Waals surface area contributed by atoms with E-state index in [0.29, 0.717) is 22.0 Å². The van der Waals surface area contributed by atoms with Crippen molar-refractivity contribution in [2.24, 2.45) is 5.73 Å². The molecule has 1 heterocycles. The highest BCUT2D eigenvalue weighted by molar-refractivity contribution is 6.34. The lowest BCUT2D eigenvalue weighted by Gasteiger charge is -2.08. The summed E-state index contributed by atoms with van der Waals surface area (Å²) in [6.45, 7) is 3.57. The smallest absolute Gasteiger partial charge is 0.250 e. The molecule has 17 heavy (non-hydrogen) atoms. The number of aromatic nitrogens is 3.